The van der Waals surface area contributed by atoms with Gasteiger partial charge in [0.15, 0.2) is 0 Å². The number of aliphatic hydroxyl groups excluding tert-OH is 1. The van der Waals surface area contributed by atoms with Crippen LogP contribution in [0.5, 0.6) is 0 Å². The van der Waals surface area contributed by atoms with Crippen LogP contribution in [0.15, 0.2) is 66.2 Å². The molecule has 114 valence electrons. The highest BCUT2D eigenvalue weighted by Crippen LogP contribution is 2.30. The van der Waals surface area contributed by atoms with Crippen LogP contribution in [0.1, 0.15) is 18.1 Å². The van der Waals surface area contributed by atoms with Crippen LogP contribution in [0.4, 0.5) is 0 Å². The average Bonchev–Trinajstić information content (AvgIpc) is 2.59. The zero-order chi connectivity index (χ0) is 15.9. The number of hydrogen-bond acceptors (Lipinski definition) is 3. The number of benzene rings is 2. The van der Waals surface area contributed by atoms with Gasteiger partial charge in [-0.15, -0.1) is 0 Å². The molecular formula is C18H20N2O2. The second-order valence-electron chi connectivity index (χ2n) is 5.02. The van der Waals surface area contributed by atoms with E-state index in [4.69, 9.17) is 5.84 Å². The van der Waals surface area contributed by atoms with Crippen molar-refractivity contribution in [3.05, 3.63) is 77.4 Å². The number of hydrazine groups is 1. The first-order valence-corrected chi connectivity index (χ1v) is 7.14. The number of amides is 1. The molecule has 0 spiro atoms. The Bertz CT molecular complexity index is 610. The molecule has 4 N–H and O–H groups in total. The molecule has 1 atom stereocenters. The van der Waals surface area contributed by atoms with Crippen molar-refractivity contribution in [3.63, 3.8) is 0 Å². The van der Waals surface area contributed by atoms with Gasteiger partial charge >= 0.3 is 0 Å². The molecule has 2 rings (SSSR count). The minimum atomic E-state index is -0.523. The van der Waals surface area contributed by atoms with E-state index >= 15 is 0 Å². The van der Waals surface area contributed by atoms with Gasteiger partial charge in [-0.05, 0) is 29.2 Å². The van der Waals surface area contributed by atoms with Crippen molar-refractivity contribution in [1.29, 1.82) is 0 Å². The maximum absolute atomic E-state index is 11.9. The summed E-state index contributed by atoms with van der Waals surface area (Å²) in [6.07, 6.45) is 0. The summed E-state index contributed by atoms with van der Waals surface area (Å²) >= 11 is 0. The summed E-state index contributed by atoms with van der Waals surface area (Å²) in [7, 11) is 0. The summed E-state index contributed by atoms with van der Waals surface area (Å²) in [5, 5.41) is 9.86. The monoisotopic (exact) mass is 296 g/mol. The molecule has 1 unspecified atom stereocenters. The summed E-state index contributed by atoms with van der Waals surface area (Å²) in [6.45, 7) is 1.52. The molecule has 0 aliphatic heterocycles. The molecule has 0 saturated carbocycles. The van der Waals surface area contributed by atoms with Crippen molar-refractivity contribution in [2.75, 3.05) is 6.61 Å². The molecule has 0 radical (unpaired) electrons. The highest BCUT2D eigenvalue weighted by atomic mass is 16.3. The lowest BCUT2D eigenvalue weighted by molar-refractivity contribution is -0.123. The molecule has 0 bridgehead atoms. The van der Waals surface area contributed by atoms with Crippen LogP contribution in [-0.4, -0.2) is 17.6 Å². The van der Waals surface area contributed by atoms with Crippen LogP contribution in [-0.2, 0) is 4.79 Å². The molecule has 2 aromatic rings. The van der Waals surface area contributed by atoms with E-state index < -0.39 is 5.92 Å². The normalized spacial score (nSPS) is 11.6. The molecule has 2 aromatic carbocycles. The van der Waals surface area contributed by atoms with Gasteiger partial charge in [0.2, 0.25) is 5.91 Å². The summed E-state index contributed by atoms with van der Waals surface area (Å²) in [4.78, 5) is 11.9. The Kier molecular flexibility index (Phi) is 5.47. The van der Waals surface area contributed by atoms with Crippen molar-refractivity contribution < 1.29 is 9.90 Å². The van der Waals surface area contributed by atoms with E-state index in [1.807, 2.05) is 60.7 Å². The molecule has 0 aliphatic rings. The summed E-state index contributed by atoms with van der Waals surface area (Å²) in [5.74, 6) is 4.39. The number of nitrogens with one attached hydrogen (secondary N) is 1. The quantitative estimate of drug-likeness (QED) is 0.449. The lowest BCUT2D eigenvalue weighted by Crippen LogP contribution is -2.36. The van der Waals surface area contributed by atoms with Gasteiger partial charge in [0.05, 0.1) is 12.5 Å². The lowest BCUT2D eigenvalue weighted by atomic mass is 9.87. The fraction of sp³-hybridized carbons (Fsp3) is 0.167. The van der Waals surface area contributed by atoms with Gasteiger partial charge in [0.25, 0.3) is 0 Å². The predicted molar refractivity (Wildman–Crippen MR) is 87.5 cm³/mol. The SMILES string of the molecule is CC(C(=O)NN)C(CO)=C(c1ccccc1)c1ccccc1. The number of hydrogen-bond donors (Lipinski definition) is 3. The molecule has 0 heterocycles. The fourth-order valence-corrected chi connectivity index (χ4v) is 2.46. The van der Waals surface area contributed by atoms with Gasteiger partial charge in [-0.3, -0.25) is 10.2 Å². The smallest absolute Gasteiger partial charge is 0.240 e. The van der Waals surface area contributed by atoms with Crippen LogP contribution < -0.4 is 11.3 Å². The molecule has 22 heavy (non-hydrogen) atoms. The minimum Gasteiger partial charge on any atom is -0.392 e. The third kappa shape index (κ3) is 3.42. The zero-order valence-corrected chi connectivity index (χ0v) is 12.5. The van der Waals surface area contributed by atoms with Crippen molar-refractivity contribution in [1.82, 2.24) is 5.43 Å². The van der Waals surface area contributed by atoms with Crippen molar-refractivity contribution in [2.45, 2.75) is 6.92 Å². The Morgan fingerprint density at radius 3 is 1.86 bits per heavy atom. The highest BCUT2D eigenvalue weighted by Gasteiger charge is 2.21. The van der Waals surface area contributed by atoms with Gasteiger partial charge < -0.3 is 5.11 Å². The molecule has 0 fully saturated rings. The predicted octanol–water partition coefficient (Wildman–Crippen LogP) is 2.11. The van der Waals surface area contributed by atoms with Crippen molar-refractivity contribution >= 4 is 11.5 Å². The topological polar surface area (TPSA) is 75.4 Å². The van der Waals surface area contributed by atoms with Crippen molar-refractivity contribution in [3.8, 4) is 0 Å². The zero-order valence-electron chi connectivity index (χ0n) is 12.5. The third-order valence-electron chi connectivity index (χ3n) is 3.67. The largest absolute Gasteiger partial charge is 0.392 e. The van der Waals surface area contributed by atoms with E-state index in [1.165, 1.54) is 0 Å². The lowest BCUT2D eigenvalue weighted by Gasteiger charge is -2.19. The molecule has 0 aliphatic carbocycles. The van der Waals surface area contributed by atoms with Gasteiger partial charge in [-0.2, -0.15) is 0 Å². The Hall–Kier alpha value is -2.43. The summed E-state index contributed by atoms with van der Waals surface area (Å²) in [5.41, 5.74) is 5.56. The molecule has 4 nitrogen and oxygen atoms in total. The molecule has 0 aromatic heterocycles. The van der Waals surface area contributed by atoms with E-state index in [-0.39, 0.29) is 12.5 Å². The van der Waals surface area contributed by atoms with E-state index in [0.717, 1.165) is 16.7 Å². The number of carbonyl (C=O) groups is 1. The second kappa shape index (κ2) is 7.54. The Balaban J connectivity index is 2.65. The minimum absolute atomic E-state index is 0.215. The number of carbonyl (C=O) groups excluding carboxylic acids is 1. The van der Waals surface area contributed by atoms with E-state index in [0.29, 0.717) is 5.57 Å². The van der Waals surface area contributed by atoms with E-state index in [1.54, 1.807) is 6.92 Å². The van der Waals surface area contributed by atoms with E-state index in [9.17, 15) is 9.90 Å². The first-order valence-electron chi connectivity index (χ1n) is 7.14. The number of rotatable bonds is 5. The maximum atomic E-state index is 11.9. The number of nitrogens with two attached hydrogens (primary N) is 1. The van der Waals surface area contributed by atoms with Crippen LogP contribution in [0, 0.1) is 5.92 Å². The second-order valence-corrected chi connectivity index (χ2v) is 5.02. The van der Waals surface area contributed by atoms with Crippen LogP contribution >= 0.6 is 0 Å². The Morgan fingerprint density at radius 2 is 1.50 bits per heavy atom. The standard InChI is InChI=1S/C18H20N2O2/c1-13(18(22)20-19)16(12-21)17(14-8-4-2-5-9-14)15-10-6-3-7-11-15/h2-11,13,21H,12,19H2,1H3,(H,20,22). The highest BCUT2D eigenvalue weighted by molar-refractivity contribution is 5.89. The van der Waals surface area contributed by atoms with E-state index in [2.05, 4.69) is 5.43 Å². The molecule has 4 heteroatoms. The summed E-state index contributed by atoms with van der Waals surface area (Å²) < 4.78 is 0. The molecule has 0 saturated heterocycles. The fourth-order valence-electron chi connectivity index (χ4n) is 2.46. The first-order chi connectivity index (χ1) is 10.7. The van der Waals surface area contributed by atoms with Crippen LogP contribution in [0.3, 0.4) is 0 Å². The van der Waals surface area contributed by atoms with Gasteiger partial charge in [0, 0.05) is 0 Å². The number of aliphatic hydroxyl groups is 1. The average molecular weight is 296 g/mol. The van der Waals surface area contributed by atoms with Gasteiger partial charge in [-0.25, -0.2) is 5.84 Å². The van der Waals surface area contributed by atoms with Gasteiger partial charge in [-0.1, -0.05) is 60.7 Å². The first kappa shape index (κ1) is 15.9. The Morgan fingerprint density at radius 1 is 1.05 bits per heavy atom. The third-order valence-corrected chi connectivity index (χ3v) is 3.67. The molecular weight excluding hydrogens is 276 g/mol. The maximum Gasteiger partial charge on any atom is 0.240 e. The summed E-state index contributed by atoms with van der Waals surface area (Å²) in [6, 6.07) is 19.4. The van der Waals surface area contributed by atoms with Gasteiger partial charge in [0.1, 0.15) is 0 Å². The molecule has 1 amide bonds. The van der Waals surface area contributed by atoms with Crippen LogP contribution in [0.25, 0.3) is 5.57 Å². The van der Waals surface area contributed by atoms with Crippen LogP contribution in [0.2, 0.25) is 0 Å². The van der Waals surface area contributed by atoms with Crippen molar-refractivity contribution in [2.24, 2.45) is 11.8 Å². The Labute approximate surface area is 130 Å².